The third-order valence-corrected chi connectivity index (χ3v) is 5.88. The summed E-state index contributed by atoms with van der Waals surface area (Å²) in [6, 6.07) is 14.1. The molecular formula is C18H17Cl2N3O2S. The highest BCUT2D eigenvalue weighted by molar-refractivity contribution is 7.92. The predicted molar refractivity (Wildman–Crippen MR) is 104 cm³/mol. The van der Waals surface area contributed by atoms with Crippen molar-refractivity contribution in [2.24, 2.45) is 0 Å². The molecule has 0 aliphatic heterocycles. The predicted octanol–water partition coefficient (Wildman–Crippen LogP) is 4.60. The maximum Gasteiger partial charge on any atom is 0.263 e. The molecule has 0 fully saturated rings. The molecule has 8 heteroatoms. The minimum absolute atomic E-state index is 0.0817. The van der Waals surface area contributed by atoms with Gasteiger partial charge in [-0.25, -0.2) is 8.42 Å². The summed E-state index contributed by atoms with van der Waals surface area (Å²) in [5.41, 5.74) is 1.92. The number of aryl methyl sites for hydroxylation is 1. The molecule has 3 aromatic rings. The molecule has 0 atom stereocenters. The van der Waals surface area contributed by atoms with E-state index in [4.69, 9.17) is 23.2 Å². The number of halogens is 2. The van der Waals surface area contributed by atoms with Crippen LogP contribution in [0.3, 0.4) is 0 Å². The van der Waals surface area contributed by atoms with Crippen molar-refractivity contribution in [2.45, 2.75) is 24.8 Å². The van der Waals surface area contributed by atoms with Gasteiger partial charge in [-0.05, 0) is 35.7 Å². The molecule has 2 aromatic carbocycles. The van der Waals surface area contributed by atoms with Gasteiger partial charge in [0.05, 0.1) is 11.4 Å². The zero-order valence-electron chi connectivity index (χ0n) is 14.0. The van der Waals surface area contributed by atoms with Crippen LogP contribution in [-0.4, -0.2) is 18.2 Å². The van der Waals surface area contributed by atoms with E-state index in [1.807, 2.05) is 25.1 Å². The first-order valence-corrected chi connectivity index (χ1v) is 10.2. The van der Waals surface area contributed by atoms with Crippen LogP contribution >= 0.6 is 23.2 Å². The van der Waals surface area contributed by atoms with E-state index in [-0.39, 0.29) is 15.7 Å². The molecule has 0 saturated heterocycles. The summed E-state index contributed by atoms with van der Waals surface area (Å²) in [7, 11) is -3.76. The molecule has 5 nitrogen and oxygen atoms in total. The van der Waals surface area contributed by atoms with Crippen LogP contribution in [0.5, 0.6) is 0 Å². The van der Waals surface area contributed by atoms with Gasteiger partial charge in [-0.1, -0.05) is 60.5 Å². The van der Waals surface area contributed by atoms with E-state index in [0.717, 1.165) is 17.5 Å². The lowest BCUT2D eigenvalue weighted by Crippen LogP contribution is -2.14. The second-order valence-corrected chi connectivity index (χ2v) is 8.21. The lowest BCUT2D eigenvalue weighted by Gasteiger charge is -2.07. The van der Waals surface area contributed by atoms with Crippen LogP contribution in [0.2, 0.25) is 10.0 Å². The Morgan fingerprint density at radius 1 is 1.04 bits per heavy atom. The summed E-state index contributed by atoms with van der Waals surface area (Å²) in [6.45, 7) is 2.39. The van der Waals surface area contributed by atoms with Crippen molar-refractivity contribution >= 4 is 39.0 Å². The van der Waals surface area contributed by atoms with Crippen LogP contribution in [0.15, 0.2) is 59.6 Å². The fourth-order valence-electron chi connectivity index (χ4n) is 2.44. The zero-order chi connectivity index (χ0) is 18.7. The largest absolute Gasteiger partial charge is 0.265 e. The Morgan fingerprint density at radius 3 is 2.38 bits per heavy atom. The molecule has 0 aliphatic carbocycles. The van der Waals surface area contributed by atoms with Crippen molar-refractivity contribution in [1.82, 2.24) is 9.78 Å². The van der Waals surface area contributed by atoms with Crippen LogP contribution < -0.4 is 4.72 Å². The molecule has 26 heavy (non-hydrogen) atoms. The van der Waals surface area contributed by atoms with Gasteiger partial charge in [0.25, 0.3) is 10.0 Å². The molecule has 3 rings (SSSR count). The highest BCUT2D eigenvalue weighted by Gasteiger charge is 2.18. The average Bonchev–Trinajstić information content (AvgIpc) is 2.95. The number of rotatable bonds is 6. The van der Waals surface area contributed by atoms with Crippen LogP contribution in [0.1, 0.15) is 18.1 Å². The lowest BCUT2D eigenvalue weighted by molar-refractivity contribution is 0.600. The first-order chi connectivity index (χ1) is 12.4. The molecule has 0 radical (unpaired) electrons. The van der Waals surface area contributed by atoms with Gasteiger partial charge in [0.1, 0.15) is 5.02 Å². The molecule has 1 heterocycles. The fourth-order valence-corrected chi connectivity index (χ4v) is 3.91. The molecule has 0 amide bonds. The maximum atomic E-state index is 12.5. The number of benzene rings is 2. The molecule has 0 aliphatic rings. The zero-order valence-corrected chi connectivity index (χ0v) is 16.3. The Balaban J connectivity index is 1.81. The summed E-state index contributed by atoms with van der Waals surface area (Å²) < 4.78 is 29.0. The molecule has 136 valence electrons. The monoisotopic (exact) mass is 409 g/mol. The van der Waals surface area contributed by atoms with E-state index in [2.05, 4.69) is 9.82 Å². The van der Waals surface area contributed by atoms with Gasteiger partial charge in [-0.3, -0.25) is 9.40 Å². The molecule has 0 unspecified atom stereocenters. The Labute approximate surface area is 162 Å². The number of aromatic nitrogens is 2. The van der Waals surface area contributed by atoms with Crippen molar-refractivity contribution in [3.8, 4) is 0 Å². The Morgan fingerprint density at radius 2 is 1.73 bits per heavy atom. The van der Waals surface area contributed by atoms with Gasteiger partial charge < -0.3 is 0 Å². The highest BCUT2D eigenvalue weighted by Crippen LogP contribution is 2.24. The number of nitrogens with zero attached hydrogens (tertiary/aromatic N) is 2. The summed E-state index contributed by atoms with van der Waals surface area (Å²) >= 11 is 12.3. The fraction of sp³-hybridized carbons (Fsp3) is 0.167. The molecular weight excluding hydrogens is 393 g/mol. The second kappa shape index (κ2) is 7.70. The second-order valence-electron chi connectivity index (χ2n) is 5.72. The first-order valence-electron chi connectivity index (χ1n) is 7.97. The van der Waals surface area contributed by atoms with Gasteiger partial charge in [0.2, 0.25) is 0 Å². The van der Waals surface area contributed by atoms with Crippen molar-refractivity contribution in [1.29, 1.82) is 0 Å². The molecule has 1 N–H and O–H groups in total. The van der Waals surface area contributed by atoms with E-state index < -0.39 is 10.0 Å². The third kappa shape index (κ3) is 4.20. The van der Waals surface area contributed by atoms with Crippen LogP contribution in [0.25, 0.3) is 0 Å². The summed E-state index contributed by atoms with van der Waals surface area (Å²) in [4.78, 5) is 0.159. The van der Waals surface area contributed by atoms with Gasteiger partial charge in [0.15, 0.2) is 5.82 Å². The van der Waals surface area contributed by atoms with Crippen molar-refractivity contribution < 1.29 is 8.42 Å². The van der Waals surface area contributed by atoms with E-state index in [9.17, 15) is 8.42 Å². The summed E-state index contributed by atoms with van der Waals surface area (Å²) in [6.07, 6.45) is 2.40. The lowest BCUT2D eigenvalue weighted by atomic mass is 10.2. The third-order valence-electron chi connectivity index (χ3n) is 3.88. The van der Waals surface area contributed by atoms with Crippen molar-refractivity contribution in [3.05, 3.63) is 75.9 Å². The maximum absolute atomic E-state index is 12.5. The quantitative estimate of drug-likeness (QED) is 0.646. The van der Waals surface area contributed by atoms with Gasteiger partial charge in [0, 0.05) is 11.2 Å². The van der Waals surface area contributed by atoms with E-state index >= 15 is 0 Å². The smallest absolute Gasteiger partial charge is 0.263 e. The van der Waals surface area contributed by atoms with Gasteiger partial charge >= 0.3 is 0 Å². The van der Waals surface area contributed by atoms with E-state index in [1.165, 1.54) is 0 Å². The van der Waals surface area contributed by atoms with Crippen molar-refractivity contribution in [3.63, 3.8) is 0 Å². The van der Waals surface area contributed by atoms with Crippen LogP contribution in [-0.2, 0) is 23.0 Å². The number of hydrogen-bond acceptors (Lipinski definition) is 3. The van der Waals surface area contributed by atoms with E-state index in [0.29, 0.717) is 11.6 Å². The Bertz CT molecular complexity index is 1020. The molecule has 0 saturated carbocycles. The minimum Gasteiger partial charge on any atom is -0.265 e. The SMILES string of the molecule is CCc1ccc(S(=O)(=O)Nc2nn(Cc3ccccc3Cl)cc2Cl)cc1. The number of sulfonamides is 1. The number of nitrogens with one attached hydrogen (secondary N) is 1. The topological polar surface area (TPSA) is 64.0 Å². The van der Waals surface area contributed by atoms with Crippen LogP contribution in [0, 0.1) is 0 Å². The summed E-state index contributed by atoms with van der Waals surface area (Å²) in [5, 5.41) is 5.05. The standard InChI is InChI=1S/C18H17Cl2N3O2S/c1-2-13-7-9-15(10-8-13)26(24,25)22-18-17(20)12-23(21-18)11-14-5-3-4-6-16(14)19/h3-10,12H,2,11H2,1H3,(H,21,22). The minimum atomic E-state index is -3.76. The van der Waals surface area contributed by atoms with Gasteiger partial charge in [-0.15, -0.1) is 0 Å². The summed E-state index contributed by atoms with van der Waals surface area (Å²) in [5.74, 6) is 0.0817. The Kier molecular flexibility index (Phi) is 5.55. The van der Waals surface area contributed by atoms with Gasteiger partial charge in [-0.2, -0.15) is 5.10 Å². The van der Waals surface area contributed by atoms with Crippen LogP contribution in [0.4, 0.5) is 5.82 Å². The van der Waals surface area contributed by atoms with Crippen molar-refractivity contribution in [2.75, 3.05) is 4.72 Å². The molecule has 1 aromatic heterocycles. The number of anilines is 1. The highest BCUT2D eigenvalue weighted by atomic mass is 35.5. The molecule has 0 spiro atoms. The normalized spacial score (nSPS) is 11.5. The molecule has 0 bridgehead atoms. The average molecular weight is 410 g/mol. The Hall–Kier alpha value is -2.02. The number of hydrogen-bond donors (Lipinski definition) is 1. The first kappa shape index (κ1) is 18.8. The van der Waals surface area contributed by atoms with E-state index in [1.54, 1.807) is 41.2 Å².